The van der Waals surface area contributed by atoms with Gasteiger partial charge in [0, 0.05) is 0 Å². The maximum Gasteiger partial charge on any atom is 0.308 e. The lowest BCUT2D eigenvalue weighted by molar-refractivity contribution is -0.150. The van der Waals surface area contributed by atoms with Gasteiger partial charge in [-0.15, -0.1) is 0 Å². The predicted octanol–water partition coefficient (Wildman–Crippen LogP) is 1.63. The summed E-state index contributed by atoms with van der Waals surface area (Å²) >= 11 is 0. The van der Waals surface area contributed by atoms with Crippen LogP contribution in [0.25, 0.3) is 0 Å². The molecule has 1 N–H and O–H groups in total. The Morgan fingerprint density at radius 3 is 2.47 bits per heavy atom. The third-order valence-electron chi connectivity index (χ3n) is 3.55. The predicted molar refractivity (Wildman–Crippen MR) is 64.8 cm³/mol. The van der Waals surface area contributed by atoms with E-state index in [9.17, 15) is 4.79 Å². The minimum atomic E-state index is -0.0918. The van der Waals surface area contributed by atoms with Gasteiger partial charge in [-0.2, -0.15) is 0 Å². The van der Waals surface area contributed by atoms with Gasteiger partial charge < -0.3 is 14.8 Å². The second kappa shape index (κ2) is 6.97. The number of esters is 1. The lowest BCUT2D eigenvalue weighted by Gasteiger charge is -2.22. The van der Waals surface area contributed by atoms with Crippen molar-refractivity contribution >= 4 is 5.97 Å². The summed E-state index contributed by atoms with van der Waals surface area (Å²) in [7, 11) is 0. The van der Waals surface area contributed by atoms with Crippen molar-refractivity contribution in [2.24, 2.45) is 0 Å². The van der Waals surface area contributed by atoms with Gasteiger partial charge in [0.05, 0.1) is 19.1 Å². The summed E-state index contributed by atoms with van der Waals surface area (Å²) in [5, 5.41) is 3.29. The zero-order chi connectivity index (χ0) is 11.9. The van der Waals surface area contributed by atoms with Crippen LogP contribution in [0.3, 0.4) is 0 Å². The molecular formula is C13H23NO3. The Kier molecular flexibility index (Phi) is 5.26. The molecule has 0 radical (unpaired) electrons. The number of piperidine rings is 1. The molecule has 0 spiro atoms. The van der Waals surface area contributed by atoms with Crippen molar-refractivity contribution in [3.63, 3.8) is 0 Å². The first-order valence-corrected chi connectivity index (χ1v) is 6.86. The average Bonchev–Trinajstić information content (AvgIpc) is 2.83. The lowest BCUT2D eigenvalue weighted by Crippen LogP contribution is -2.33. The van der Waals surface area contributed by atoms with Crippen LogP contribution >= 0.6 is 0 Å². The number of hydrogen-bond donors (Lipinski definition) is 1. The number of hydrogen-bond acceptors (Lipinski definition) is 4. The van der Waals surface area contributed by atoms with Gasteiger partial charge in [-0.1, -0.05) is 0 Å². The van der Waals surface area contributed by atoms with E-state index in [2.05, 4.69) is 5.32 Å². The lowest BCUT2D eigenvalue weighted by atomic mass is 10.1. The fraction of sp³-hybridized carbons (Fsp3) is 0.923. The highest BCUT2D eigenvalue weighted by molar-refractivity contribution is 5.69. The summed E-state index contributed by atoms with van der Waals surface area (Å²) in [5.41, 5.74) is 0. The molecule has 2 aliphatic rings. The zero-order valence-electron chi connectivity index (χ0n) is 10.5. The summed E-state index contributed by atoms with van der Waals surface area (Å²) < 4.78 is 11.0. The van der Waals surface area contributed by atoms with E-state index >= 15 is 0 Å². The molecule has 1 aliphatic heterocycles. The molecule has 1 aliphatic carbocycles. The van der Waals surface area contributed by atoms with Crippen LogP contribution in [-0.2, 0) is 14.3 Å². The highest BCUT2D eigenvalue weighted by Gasteiger charge is 2.19. The van der Waals surface area contributed by atoms with Crippen LogP contribution < -0.4 is 5.32 Å². The number of carbonyl (C=O) groups excluding carboxylic acids is 1. The Morgan fingerprint density at radius 1 is 1.06 bits per heavy atom. The molecule has 1 heterocycles. The highest BCUT2D eigenvalue weighted by atomic mass is 16.5. The van der Waals surface area contributed by atoms with Crippen LogP contribution in [0.5, 0.6) is 0 Å². The number of carbonyl (C=O) groups is 1. The molecule has 0 aromatic carbocycles. The van der Waals surface area contributed by atoms with E-state index in [-0.39, 0.29) is 12.1 Å². The molecule has 0 unspecified atom stereocenters. The maximum absolute atomic E-state index is 11.5. The van der Waals surface area contributed by atoms with E-state index in [1.54, 1.807) is 0 Å². The quantitative estimate of drug-likeness (QED) is 0.743. The van der Waals surface area contributed by atoms with E-state index in [0.29, 0.717) is 19.1 Å². The Bertz CT molecular complexity index is 233. The topological polar surface area (TPSA) is 47.6 Å². The molecule has 0 aromatic heterocycles. The molecule has 1 saturated heterocycles. The Morgan fingerprint density at radius 2 is 1.76 bits per heavy atom. The third kappa shape index (κ3) is 4.64. The summed E-state index contributed by atoms with van der Waals surface area (Å²) in [6.45, 7) is 2.56. The van der Waals surface area contributed by atoms with Crippen molar-refractivity contribution in [1.82, 2.24) is 5.32 Å². The van der Waals surface area contributed by atoms with Crippen molar-refractivity contribution in [2.75, 3.05) is 19.7 Å². The molecule has 0 atom stereocenters. The molecule has 0 amide bonds. The zero-order valence-corrected chi connectivity index (χ0v) is 10.5. The van der Waals surface area contributed by atoms with Crippen LogP contribution in [0.4, 0.5) is 0 Å². The summed E-state index contributed by atoms with van der Waals surface area (Å²) in [6.07, 6.45) is 7.50. The first-order valence-electron chi connectivity index (χ1n) is 6.86. The minimum Gasteiger partial charge on any atom is -0.462 e. The summed E-state index contributed by atoms with van der Waals surface area (Å²) in [6, 6.07) is 0. The molecule has 17 heavy (non-hydrogen) atoms. The van der Waals surface area contributed by atoms with Crippen molar-refractivity contribution in [3.8, 4) is 0 Å². The fourth-order valence-corrected chi connectivity index (χ4v) is 2.52. The molecule has 2 fully saturated rings. The number of ether oxygens (including phenoxy) is 2. The summed E-state index contributed by atoms with van der Waals surface area (Å²) in [5.74, 6) is -0.0918. The van der Waals surface area contributed by atoms with Gasteiger partial charge in [-0.25, -0.2) is 0 Å². The summed E-state index contributed by atoms with van der Waals surface area (Å²) in [4.78, 5) is 11.5. The van der Waals surface area contributed by atoms with E-state index < -0.39 is 0 Å². The molecule has 1 saturated carbocycles. The van der Waals surface area contributed by atoms with Crippen LogP contribution in [0.1, 0.15) is 44.9 Å². The van der Waals surface area contributed by atoms with Gasteiger partial charge in [0.15, 0.2) is 0 Å². The van der Waals surface area contributed by atoms with Gasteiger partial charge in [0.25, 0.3) is 0 Å². The monoisotopic (exact) mass is 241 g/mol. The Hall–Kier alpha value is -0.610. The first-order chi connectivity index (χ1) is 8.34. The van der Waals surface area contributed by atoms with E-state index in [0.717, 1.165) is 38.8 Å². The number of rotatable bonds is 5. The SMILES string of the molecule is O=C(CCOC1CCNCC1)OC1CCCC1. The molecule has 2 rings (SSSR count). The maximum atomic E-state index is 11.5. The van der Waals surface area contributed by atoms with Gasteiger partial charge in [-0.3, -0.25) is 4.79 Å². The van der Waals surface area contributed by atoms with Gasteiger partial charge in [0.2, 0.25) is 0 Å². The van der Waals surface area contributed by atoms with Crippen molar-refractivity contribution < 1.29 is 14.3 Å². The standard InChI is InChI=1S/C13H23NO3/c15-13(17-12-3-1-2-4-12)7-10-16-11-5-8-14-9-6-11/h11-12,14H,1-10H2. The van der Waals surface area contributed by atoms with Crippen LogP contribution in [0, 0.1) is 0 Å². The fourth-order valence-electron chi connectivity index (χ4n) is 2.52. The van der Waals surface area contributed by atoms with E-state index in [4.69, 9.17) is 9.47 Å². The van der Waals surface area contributed by atoms with Gasteiger partial charge in [0.1, 0.15) is 6.10 Å². The smallest absolute Gasteiger partial charge is 0.308 e. The van der Waals surface area contributed by atoms with Crippen molar-refractivity contribution in [3.05, 3.63) is 0 Å². The van der Waals surface area contributed by atoms with Crippen LogP contribution in [0.2, 0.25) is 0 Å². The molecule has 98 valence electrons. The molecule has 0 aromatic rings. The first kappa shape index (κ1) is 12.8. The largest absolute Gasteiger partial charge is 0.462 e. The van der Waals surface area contributed by atoms with Crippen molar-refractivity contribution in [2.45, 2.75) is 57.2 Å². The van der Waals surface area contributed by atoms with Crippen LogP contribution in [-0.4, -0.2) is 37.9 Å². The average molecular weight is 241 g/mol. The van der Waals surface area contributed by atoms with Gasteiger partial charge >= 0.3 is 5.97 Å². The highest BCUT2D eigenvalue weighted by Crippen LogP contribution is 2.21. The third-order valence-corrected chi connectivity index (χ3v) is 3.55. The van der Waals surface area contributed by atoms with Crippen molar-refractivity contribution in [1.29, 1.82) is 0 Å². The molecule has 4 heteroatoms. The van der Waals surface area contributed by atoms with E-state index in [1.165, 1.54) is 12.8 Å². The Labute approximate surface area is 103 Å². The normalized spacial score (nSPS) is 22.8. The molecule has 0 bridgehead atoms. The van der Waals surface area contributed by atoms with E-state index in [1.807, 2.05) is 0 Å². The molecule has 4 nitrogen and oxygen atoms in total. The molecular weight excluding hydrogens is 218 g/mol. The number of nitrogens with one attached hydrogen (secondary N) is 1. The van der Waals surface area contributed by atoms with Crippen LogP contribution in [0.15, 0.2) is 0 Å². The second-order valence-electron chi connectivity index (χ2n) is 4.97. The van der Waals surface area contributed by atoms with Gasteiger partial charge in [-0.05, 0) is 51.6 Å². The Balaban J connectivity index is 1.53. The minimum absolute atomic E-state index is 0.0918. The second-order valence-corrected chi connectivity index (χ2v) is 4.97.